The number of nitro benzene ring substituents is 1. The van der Waals surface area contributed by atoms with Crippen molar-refractivity contribution in [3.8, 4) is 11.5 Å². The van der Waals surface area contributed by atoms with Crippen molar-refractivity contribution in [2.75, 3.05) is 0 Å². The molecule has 0 atom stereocenters. The highest BCUT2D eigenvalue weighted by molar-refractivity contribution is 5.73. The molecule has 1 aromatic heterocycles. The molecule has 0 saturated heterocycles. The molecule has 0 radical (unpaired) electrons. The highest BCUT2D eigenvalue weighted by atomic mass is 16.6. The van der Waals surface area contributed by atoms with Crippen LogP contribution >= 0.6 is 0 Å². The number of nitrogens with zero attached hydrogens (tertiary/aromatic N) is 3. The van der Waals surface area contributed by atoms with Crippen LogP contribution in [0.15, 0.2) is 52.9 Å². The summed E-state index contributed by atoms with van der Waals surface area (Å²) in [4.78, 5) is 22.1. The third kappa shape index (κ3) is 4.10. The second kappa shape index (κ2) is 7.56. The highest BCUT2D eigenvalue weighted by Gasteiger charge is 2.13. The minimum Gasteiger partial charge on any atom is -0.455 e. The van der Waals surface area contributed by atoms with Crippen molar-refractivity contribution in [3.63, 3.8) is 0 Å². The maximum absolute atomic E-state index is 11.9. The van der Waals surface area contributed by atoms with Crippen LogP contribution in [0.4, 0.5) is 5.69 Å². The first kappa shape index (κ1) is 17.3. The number of rotatable bonds is 6. The van der Waals surface area contributed by atoms with Crippen molar-refractivity contribution in [2.45, 2.75) is 20.0 Å². The molecule has 0 amide bonds. The molecule has 2 aromatic carbocycles. The summed E-state index contributed by atoms with van der Waals surface area (Å²) in [6.45, 7) is 1.79. The summed E-state index contributed by atoms with van der Waals surface area (Å²) in [5.74, 6) is -0.0456. The van der Waals surface area contributed by atoms with Crippen molar-refractivity contribution in [2.24, 2.45) is 0 Å². The fourth-order valence-corrected chi connectivity index (χ4v) is 2.31. The van der Waals surface area contributed by atoms with Gasteiger partial charge in [-0.15, -0.1) is 10.2 Å². The van der Waals surface area contributed by atoms with Crippen LogP contribution in [0.25, 0.3) is 11.5 Å². The van der Waals surface area contributed by atoms with Gasteiger partial charge < -0.3 is 9.15 Å². The number of hydrogen-bond donors (Lipinski definition) is 0. The van der Waals surface area contributed by atoms with Gasteiger partial charge in [0.25, 0.3) is 11.6 Å². The van der Waals surface area contributed by atoms with Crippen LogP contribution in [0, 0.1) is 17.0 Å². The van der Waals surface area contributed by atoms with Crippen molar-refractivity contribution in [1.82, 2.24) is 10.2 Å². The Balaban J connectivity index is 1.59. The Bertz CT molecular complexity index is 934. The number of nitro groups is 1. The standard InChI is InChI=1S/C18H15N3O5/c1-12-4-2-3-5-14(12)10-17(22)25-11-16-19-20-18(26-16)13-6-8-15(9-7-13)21(23)24/h2-9H,10-11H2,1H3. The molecule has 3 aromatic rings. The second-order valence-electron chi connectivity index (χ2n) is 5.57. The zero-order chi connectivity index (χ0) is 18.5. The molecule has 0 bridgehead atoms. The Morgan fingerprint density at radius 2 is 1.88 bits per heavy atom. The van der Waals surface area contributed by atoms with Gasteiger partial charge in [0.1, 0.15) is 0 Å². The quantitative estimate of drug-likeness (QED) is 0.380. The summed E-state index contributed by atoms with van der Waals surface area (Å²) >= 11 is 0. The van der Waals surface area contributed by atoms with Crippen LogP contribution in [0.1, 0.15) is 17.0 Å². The molecule has 0 aliphatic heterocycles. The number of esters is 1. The Morgan fingerprint density at radius 1 is 1.15 bits per heavy atom. The predicted octanol–water partition coefficient (Wildman–Crippen LogP) is 3.24. The molecular formula is C18H15N3O5. The van der Waals surface area contributed by atoms with Gasteiger partial charge in [0.15, 0.2) is 6.61 Å². The summed E-state index contributed by atoms with van der Waals surface area (Å²) < 4.78 is 10.6. The molecule has 1 heterocycles. The molecule has 8 heteroatoms. The van der Waals surface area contributed by atoms with Gasteiger partial charge in [0.05, 0.1) is 11.3 Å². The number of aromatic nitrogens is 2. The Morgan fingerprint density at radius 3 is 2.58 bits per heavy atom. The zero-order valence-corrected chi connectivity index (χ0v) is 13.9. The molecule has 0 unspecified atom stereocenters. The maximum Gasteiger partial charge on any atom is 0.310 e. The second-order valence-corrected chi connectivity index (χ2v) is 5.57. The van der Waals surface area contributed by atoms with E-state index in [1.807, 2.05) is 31.2 Å². The Kier molecular flexibility index (Phi) is 5.02. The van der Waals surface area contributed by atoms with E-state index in [0.29, 0.717) is 5.56 Å². The lowest BCUT2D eigenvalue weighted by Crippen LogP contribution is -2.09. The van der Waals surface area contributed by atoms with Crippen LogP contribution in [0.2, 0.25) is 0 Å². The predicted molar refractivity (Wildman–Crippen MR) is 91.1 cm³/mol. The van der Waals surface area contributed by atoms with E-state index >= 15 is 0 Å². The number of carbonyl (C=O) groups excluding carboxylic acids is 1. The molecule has 0 saturated carbocycles. The van der Waals surface area contributed by atoms with Gasteiger partial charge in [-0.3, -0.25) is 14.9 Å². The van der Waals surface area contributed by atoms with E-state index in [9.17, 15) is 14.9 Å². The molecule has 8 nitrogen and oxygen atoms in total. The molecule has 0 aliphatic carbocycles. The van der Waals surface area contributed by atoms with E-state index in [0.717, 1.165) is 11.1 Å². The van der Waals surface area contributed by atoms with E-state index < -0.39 is 10.9 Å². The van der Waals surface area contributed by atoms with Gasteiger partial charge in [-0.25, -0.2) is 0 Å². The Hall–Kier alpha value is -3.55. The molecule has 0 spiro atoms. The average Bonchev–Trinajstić information content (AvgIpc) is 3.11. The number of carbonyl (C=O) groups is 1. The third-order valence-corrected chi connectivity index (χ3v) is 3.74. The van der Waals surface area contributed by atoms with Crippen LogP contribution < -0.4 is 0 Å². The van der Waals surface area contributed by atoms with Crippen molar-refractivity contribution in [3.05, 3.63) is 75.7 Å². The van der Waals surface area contributed by atoms with E-state index in [1.165, 1.54) is 24.3 Å². The fourth-order valence-electron chi connectivity index (χ4n) is 2.31. The molecule has 0 aliphatic rings. The molecule has 0 N–H and O–H groups in total. The van der Waals surface area contributed by atoms with Gasteiger partial charge in [0, 0.05) is 17.7 Å². The van der Waals surface area contributed by atoms with E-state index in [-0.39, 0.29) is 30.5 Å². The summed E-state index contributed by atoms with van der Waals surface area (Å²) in [5, 5.41) is 18.3. The molecule has 3 rings (SSSR count). The molecular weight excluding hydrogens is 338 g/mol. The average molecular weight is 353 g/mol. The summed E-state index contributed by atoms with van der Waals surface area (Å²) in [5.41, 5.74) is 2.43. The van der Waals surface area contributed by atoms with Gasteiger partial charge in [0.2, 0.25) is 5.89 Å². The van der Waals surface area contributed by atoms with Crippen LogP contribution in [0.5, 0.6) is 0 Å². The highest BCUT2D eigenvalue weighted by Crippen LogP contribution is 2.21. The first-order valence-corrected chi connectivity index (χ1v) is 7.80. The van der Waals surface area contributed by atoms with Crippen LogP contribution in [-0.2, 0) is 22.6 Å². The lowest BCUT2D eigenvalue weighted by atomic mass is 10.1. The number of hydrogen-bond acceptors (Lipinski definition) is 7. The zero-order valence-electron chi connectivity index (χ0n) is 13.9. The van der Waals surface area contributed by atoms with Gasteiger partial charge >= 0.3 is 5.97 Å². The third-order valence-electron chi connectivity index (χ3n) is 3.74. The Labute approximate surface area is 148 Å². The lowest BCUT2D eigenvalue weighted by molar-refractivity contribution is -0.384. The lowest BCUT2D eigenvalue weighted by Gasteiger charge is -2.05. The molecule has 26 heavy (non-hydrogen) atoms. The summed E-state index contributed by atoms with van der Waals surface area (Å²) in [6, 6.07) is 13.3. The number of ether oxygens (including phenoxy) is 1. The van der Waals surface area contributed by atoms with Crippen molar-refractivity contribution >= 4 is 11.7 Å². The van der Waals surface area contributed by atoms with Gasteiger partial charge in [-0.05, 0) is 30.2 Å². The SMILES string of the molecule is Cc1ccccc1CC(=O)OCc1nnc(-c2ccc([N+](=O)[O-])cc2)o1. The van der Waals surface area contributed by atoms with Crippen molar-refractivity contribution < 1.29 is 18.9 Å². The van der Waals surface area contributed by atoms with Gasteiger partial charge in [-0.2, -0.15) is 0 Å². The molecule has 0 fully saturated rings. The van der Waals surface area contributed by atoms with Gasteiger partial charge in [-0.1, -0.05) is 24.3 Å². The number of benzene rings is 2. The van der Waals surface area contributed by atoms with Crippen LogP contribution in [0.3, 0.4) is 0 Å². The largest absolute Gasteiger partial charge is 0.455 e. The number of aryl methyl sites for hydroxylation is 1. The van der Waals surface area contributed by atoms with E-state index in [2.05, 4.69) is 10.2 Å². The minimum atomic E-state index is -0.489. The molecule has 132 valence electrons. The number of non-ortho nitro benzene ring substituents is 1. The van der Waals surface area contributed by atoms with E-state index in [4.69, 9.17) is 9.15 Å². The van der Waals surface area contributed by atoms with Crippen LogP contribution in [-0.4, -0.2) is 21.1 Å². The summed E-state index contributed by atoms with van der Waals surface area (Å²) in [6.07, 6.45) is 0.163. The fraction of sp³-hybridized carbons (Fsp3) is 0.167. The first-order chi connectivity index (χ1) is 12.5. The first-order valence-electron chi connectivity index (χ1n) is 7.80. The maximum atomic E-state index is 11.9. The smallest absolute Gasteiger partial charge is 0.310 e. The van der Waals surface area contributed by atoms with E-state index in [1.54, 1.807) is 0 Å². The minimum absolute atomic E-state index is 0.0291. The van der Waals surface area contributed by atoms with Crippen molar-refractivity contribution in [1.29, 1.82) is 0 Å². The topological polar surface area (TPSA) is 108 Å². The monoisotopic (exact) mass is 353 g/mol. The summed E-state index contributed by atoms with van der Waals surface area (Å²) in [7, 11) is 0. The normalized spacial score (nSPS) is 10.5.